The quantitative estimate of drug-likeness (QED) is 0.647. The van der Waals surface area contributed by atoms with E-state index in [-0.39, 0.29) is 30.0 Å². The number of fused-ring (bicyclic) bond motifs is 1. The number of H-pyrrole nitrogens is 1. The fourth-order valence-corrected chi connectivity index (χ4v) is 3.98. The van der Waals surface area contributed by atoms with Crippen molar-refractivity contribution in [1.29, 1.82) is 0 Å². The van der Waals surface area contributed by atoms with Gasteiger partial charge in [-0.15, -0.1) is 0 Å². The van der Waals surface area contributed by atoms with Crippen LogP contribution in [0.3, 0.4) is 0 Å². The summed E-state index contributed by atoms with van der Waals surface area (Å²) in [6, 6.07) is -0.474. The van der Waals surface area contributed by atoms with E-state index in [0.717, 1.165) is 25.8 Å². The first-order valence-corrected chi connectivity index (χ1v) is 10.2. The number of hydrogen-bond donors (Lipinski definition) is 2. The van der Waals surface area contributed by atoms with Crippen LogP contribution in [0, 0.1) is 5.41 Å². The van der Waals surface area contributed by atoms with Gasteiger partial charge >= 0.3 is 6.18 Å². The molecule has 1 atom stereocenters. The second kappa shape index (κ2) is 9.28. The third kappa shape index (κ3) is 5.38. The summed E-state index contributed by atoms with van der Waals surface area (Å²) in [6.45, 7) is 9.52. The molecule has 0 aromatic carbocycles. The fourth-order valence-electron chi connectivity index (χ4n) is 3.98. The molecule has 1 aromatic rings. The van der Waals surface area contributed by atoms with Crippen molar-refractivity contribution in [1.82, 2.24) is 20.4 Å². The number of nitrogens with one attached hydrogen (secondary N) is 2. The van der Waals surface area contributed by atoms with E-state index in [1.165, 1.54) is 0 Å². The Kier molecular flexibility index (Phi) is 7.48. The molecule has 1 aliphatic carbocycles. The molecule has 9 heteroatoms. The van der Waals surface area contributed by atoms with E-state index in [2.05, 4.69) is 17.3 Å². The molecule has 1 aliphatic rings. The first-order valence-electron chi connectivity index (χ1n) is 10.2. The molecule has 0 fully saturated rings. The van der Waals surface area contributed by atoms with Crippen LogP contribution >= 0.6 is 0 Å². The minimum Gasteiger partial charge on any atom is -0.343 e. The Morgan fingerprint density at radius 1 is 1.28 bits per heavy atom. The second-order valence-corrected chi connectivity index (χ2v) is 8.33. The van der Waals surface area contributed by atoms with Crippen LogP contribution in [0.25, 0.3) is 0 Å². The number of rotatable bonds is 9. The van der Waals surface area contributed by atoms with Crippen LogP contribution in [0.4, 0.5) is 13.2 Å². The van der Waals surface area contributed by atoms with Gasteiger partial charge in [-0.3, -0.25) is 9.59 Å². The first-order chi connectivity index (χ1) is 13.5. The van der Waals surface area contributed by atoms with E-state index in [4.69, 9.17) is 0 Å². The molecular weight excluding hydrogens is 385 g/mol. The lowest BCUT2D eigenvalue weighted by molar-refractivity contribution is -0.139. The second-order valence-electron chi connectivity index (χ2n) is 8.33. The van der Waals surface area contributed by atoms with Gasteiger partial charge in [0, 0.05) is 26.1 Å². The average molecular weight is 416 g/mol. The average Bonchev–Trinajstić information content (AvgIpc) is 2.86. The highest BCUT2D eigenvalue weighted by atomic mass is 19.4. The molecule has 164 valence electrons. The Balaban J connectivity index is 2.13. The molecule has 1 amide bonds. The highest BCUT2D eigenvalue weighted by Gasteiger charge is 2.47. The van der Waals surface area contributed by atoms with Gasteiger partial charge in [-0.25, -0.2) is 5.10 Å². The van der Waals surface area contributed by atoms with Gasteiger partial charge in [0.25, 0.3) is 5.56 Å². The van der Waals surface area contributed by atoms with Gasteiger partial charge in [-0.2, -0.15) is 18.3 Å². The summed E-state index contributed by atoms with van der Waals surface area (Å²) in [5.74, 6) is 0.0363. The molecule has 1 heterocycles. The van der Waals surface area contributed by atoms with Crippen LogP contribution < -0.4 is 10.9 Å². The maximum atomic E-state index is 13.4. The number of carbonyl (C=O) groups excluding carboxylic acids is 1. The summed E-state index contributed by atoms with van der Waals surface area (Å²) in [5, 5.41) is 9.12. The largest absolute Gasteiger partial charge is 0.422 e. The highest BCUT2D eigenvalue weighted by molar-refractivity contribution is 5.76. The monoisotopic (exact) mass is 416 g/mol. The molecule has 2 rings (SSSR count). The lowest BCUT2D eigenvalue weighted by atomic mass is 9.85. The van der Waals surface area contributed by atoms with Crippen molar-refractivity contribution >= 4 is 5.91 Å². The highest BCUT2D eigenvalue weighted by Crippen LogP contribution is 2.46. The zero-order valence-electron chi connectivity index (χ0n) is 17.6. The SMILES string of the molecule is CCCCN(CCC)C(=O)CCNC1c2n[nH]c(=O)c(C(F)(F)F)c2CC1(C)C. The predicted octanol–water partition coefficient (Wildman–Crippen LogP) is 3.43. The van der Waals surface area contributed by atoms with Crippen LogP contribution in [0.1, 0.15) is 76.2 Å². The summed E-state index contributed by atoms with van der Waals surface area (Å²) in [6.07, 6.45) is -1.55. The number of aromatic amines is 1. The lowest BCUT2D eigenvalue weighted by Gasteiger charge is -2.28. The molecular formula is C20H31F3N4O2. The van der Waals surface area contributed by atoms with Crippen molar-refractivity contribution in [3.63, 3.8) is 0 Å². The van der Waals surface area contributed by atoms with Gasteiger partial charge in [-0.1, -0.05) is 34.1 Å². The minimum absolute atomic E-state index is 0.0363. The van der Waals surface area contributed by atoms with Crippen LogP contribution in [-0.2, 0) is 17.4 Å². The molecule has 0 saturated carbocycles. The zero-order chi connectivity index (χ0) is 21.8. The number of amides is 1. The van der Waals surface area contributed by atoms with Gasteiger partial charge in [-0.05, 0) is 30.2 Å². The Morgan fingerprint density at radius 2 is 1.97 bits per heavy atom. The van der Waals surface area contributed by atoms with Crippen molar-refractivity contribution in [2.45, 2.75) is 72.0 Å². The molecule has 0 saturated heterocycles. The number of halogens is 3. The molecule has 1 unspecified atom stereocenters. The maximum Gasteiger partial charge on any atom is 0.422 e. The number of nitrogens with zero attached hydrogens (tertiary/aromatic N) is 2. The van der Waals surface area contributed by atoms with Crippen molar-refractivity contribution in [2.24, 2.45) is 5.41 Å². The van der Waals surface area contributed by atoms with Gasteiger partial charge in [0.15, 0.2) is 0 Å². The third-order valence-corrected chi connectivity index (χ3v) is 5.40. The van der Waals surface area contributed by atoms with Gasteiger partial charge in [0.05, 0.1) is 11.7 Å². The van der Waals surface area contributed by atoms with Gasteiger partial charge < -0.3 is 10.2 Å². The van der Waals surface area contributed by atoms with E-state index in [9.17, 15) is 22.8 Å². The van der Waals surface area contributed by atoms with Crippen molar-refractivity contribution < 1.29 is 18.0 Å². The summed E-state index contributed by atoms with van der Waals surface area (Å²) >= 11 is 0. The number of aromatic nitrogens is 2. The topological polar surface area (TPSA) is 78.1 Å². The summed E-state index contributed by atoms with van der Waals surface area (Å²) in [5.41, 5.74) is -2.78. The summed E-state index contributed by atoms with van der Waals surface area (Å²) in [7, 11) is 0. The summed E-state index contributed by atoms with van der Waals surface area (Å²) < 4.78 is 40.2. The van der Waals surface area contributed by atoms with Crippen LogP contribution in [0.15, 0.2) is 4.79 Å². The maximum absolute atomic E-state index is 13.4. The van der Waals surface area contributed by atoms with Crippen LogP contribution in [0.2, 0.25) is 0 Å². The van der Waals surface area contributed by atoms with Gasteiger partial charge in [0.1, 0.15) is 5.56 Å². The number of hydrogen-bond acceptors (Lipinski definition) is 4. The van der Waals surface area contributed by atoms with Crippen LogP contribution in [0.5, 0.6) is 0 Å². The molecule has 0 bridgehead atoms. The smallest absolute Gasteiger partial charge is 0.343 e. The zero-order valence-corrected chi connectivity index (χ0v) is 17.6. The molecule has 6 nitrogen and oxygen atoms in total. The Bertz CT molecular complexity index is 774. The fraction of sp³-hybridized carbons (Fsp3) is 0.750. The lowest BCUT2D eigenvalue weighted by Crippen LogP contribution is -2.37. The van der Waals surface area contributed by atoms with Crippen molar-refractivity contribution in [3.8, 4) is 0 Å². The van der Waals surface area contributed by atoms with E-state index < -0.39 is 28.8 Å². The standard InChI is InChI=1S/C20H31F3N4O2/c1-5-7-11-27(10-6-2)14(28)8-9-24-17-16-13(12-19(17,3)4)15(20(21,22)23)18(29)26-25-16/h17,24H,5-12H2,1-4H3,(H,26,29). The Morgan fingerprint density at radius 3 is 2.55 bits per heavy atom. The molecule has 29 heavy (non-hydrogen) atoms. The number of carbonyl (C=O) groups is 1. The first kappa shape index (κ1) is 23.4. The number of alkyl halides is 3. The molecule has 0 spiro atoms. The third-order valence-electron chi connectivity index (χ3n) is 5.40. The van der Waals surface area contributed by atoms with E-state index in [1.807, 2.05) is 30.8 Å². The normalized spacial score (nSPS) is 18.0. The molecule has 1 aromatic heterocycles. The minimum atomic E-state index is -4.73. The predicted molar refractivity (Wildman–Crippen MR) is 104 cm³/mol. The Labute approximate surface area is 169 Å². The molecule has 0 radical (unpaired) electrons. The molecule has 0 aliphatic heterocycles. The van der Waals surface area contributed by atoms with E-state index in [1.54, 1.807) is 0 Å². The van der Waals surface area contributed by atoms with Gasteiger partial charge in [0.2, 0.25) is 5.91 Å². The van der Waals surface area contributed by atoms with Crippen LogP contribution in [-0.4, -0.2) is 40.6 Å². The molecule has 2 N–H and O–H groups in total. The Hall–Kier alpha value is -1.90. The number of unbranched alkanes of at least 4 members (excludes halogenated alkanes) is 1. The van der Waals surface area contributed by atoms with E-state index in [0.29, 0.717) is 13.1 Å². The van der Waals surface area contributed by atoms with E-state index >= 15 is 0 Å². The summed E-state index contributed by atoms with van der Waals surface area (Å²) in [4.78, 5) is 26.1. The van der Waals surface area contributed by atoms with Crippen molar-refractivity contribution in [3.05, 3.63) is 27.2 Å². The van der Waals surface area contributed by atoms with Crippen molar-refractivity contribution in [2.75, 3.05) is 19.6 Å².